The van der Waals surface area contributed by atoms with E-state index in [1.165, 1.54) is 0 Å². The number of piperidine rings is 1. The van der Waals surface area contributed by atoms with Gasteiger partial charge in [-0.1, -0.05) is 24.9 Å². The number of aryl methyl sites for hydroxylation is 2. The van der Waals surface area contributed by atoms with Crippen LogP contribution in [0.2, 0.25) is 5.02 Å². The predicted octanol–water partition coefficient (Wildman–Crippen LogP) is 4.25. The normalized spacial score (nSPS) is 19.8. The average Bonchev–Trinajstić information content (AvgIpc) is 3.34. The van der Waals surface area contributed by atoms with Gasteiger partial charge in [0.15, 0.2) is 0 Å². The van der Waals surface area contributed by atoms with Gasteiger partial charge in [-0.15, -0.1) is 0 Å². The summed E-state index contributed by atoms with van der Waals surface area (Å²) in [7, 11) is 0. The Morgan fingerprint density at radius 1 is 1.28 bits per heavy atom. The monoisotopic (exact) mass is 415 g/mol. The molecule has 7 heteroatoms. The zero-order valence-corrected chi connectivity index (χ0v) is 17.8. The molecule has 0 spiro atoms. The second-order valence-electron chi connectivity index (χ2n) is 8.02. The van der Waals surface area contributed by atoms with Gasteiger partial charge < -0.3 is 15.0 Å². The summed E-state index contributed by atoms with van der Waals surface area (Å²) in [6.45, 7) is 4.97. The molecule has 0 unspecified atom stereocenters. The molecule has 2 N–H and O–H groups in total. The Morgan fingerprint density at radius 3 is 3.00 bits per heavy atom. The van der Waals surface area contributed by atoms with Crippen molar-refractivity contribution in [2.75, 3.05) is 6.54 Å². The van der Waals surface area contributed by atoms with E-state index in [2.05, 4.69) is 33.1 Å². The summed E-state index contributed by atoms with van der Waals surface area (Å²) in [5.41, 5.74) is 4.15. The van der Waals surface area contributed by atoms with Gasteiger partial charge in [0.05, 0.1) is 29.7 Å². The molecule has 3 heterocycles. The van der Waals surface area contributed by atoms with Crippen molar-refractivity contribution in [1.29, 1.82) is 0 Å². The van der Waals surface area contributed by atoms with Crippen LogP contribution in [0.4, 0.5) is 0 Å². The van der Waals surface area contributed by atoms with Gasteiger partial charge in [0.1, 0.15) is 0 Å². The van der Waals surface area contributed by atoms with Crippen LogP contribution in [0.25, 0.3) is 22.2 Å². The predicted molar refractivity (Wildman–Crippen MR) is 117 cm³/mol. The molecule has 0 aliphatic carbocycles. The van der Waals surface area contributed by atoms with E-state index in [1.807, 2.05) is 29.3 Å². The summed E-state index contributed by atoms with van der Waals surface area (Å²) in [4.78, 5) is 4.59. The Bertz CT molecular complexity index is 950. The molecule has 0 radical (unpaired) electrons. The highest BCUT2D eigenvalue weighted by atomic mass is 35.5. The minimum atomic E-state index is -0.230. The summed E-state index contributed by atoms with van der Waals surface area (Å²) in [6.07, 6.45) is 11.8. The molecule has 1 aliphatic rings. The van der Waals surface area contributed by atoms with Crippen LogP contribution >= 0.6 is 11.6 Å². The summed E-state index contributed by atoms with van der Waals surface area (Å²) in [5.74, 6) is 0. The summed E-state index contributed by atoms with van der Waals surface area (Å²) < 4.78 is 4.21. The Balaban J connectivity index is 1.55. The van der Waals surface area contributed by atoms with Crippen molar-refractivity contribution >= 4 is 22.6 Å². The van der Waals surface area contributed by atoms with E-state index >= 15 is 0 Å². The van der Waals surface area contributed by atoms with Gasteiger partial charge in [-0.05, 0) is 50.8 Å². The first-order chi connectivity index (χ1) is 14.2. The van der Waals surface area contributed by atoms with E-state index in [-0.39, 0.29) is 12.1 Å². The number of halogens is 1. The third-order valence-corrected chi connectivity index (χ3v) is 6.04. The van der Waals surface area contributed by atoms with Gasteiger partial charge in [-0.2, -0.15) is 5.10 Å². The van der Waals surface area contributed by atoms with E-state index < -0.39 is 0 Å². The number of nitrogens with zero attached hydrogens (tertiary/aromatic N) is 4. The van der Waals surface area contributed by atoms with Crippen LogP contribution in [-0.2, 0) is 13.1 Å². The lowest BCUT2D eigenvalue weighted by Crippen LogP contribution is -2.44. The number of aliphatic hydroxyl groups excluding tert-OH is 1. The number of nitrogens with one attached hydrogen (secondary N) is 1. The lowest BCUT2D eigenvalue weighted by atomic mass is 9.97. The maximum atomic E-state index is 10.2. The number of hydrogen-bond acceptors (Lipinski definition) is 4. The Hall–Kier alpha value is -1.89. The third-order valence-electron chi connectivity index (χ3n) is 5.82. The van der Waals surface area contributed by atoms with Gasteiger partial charge in [0.2, 0.25) is 0 Å². The molecule has 4 rings (SSSR count). The van der Waals surface area contributed by atoms with Crippen LogP contribution in [-0.4, -0.2) is 43.1 Å². The lowest BCUT2D eigenvalue weighted by molar-refractivity contribution is 0.0909. The molecule has 1 fully saturated rings. The molecule has 2 atom stereocenters. The molecular weight excluding hydrogens is 386 g/mol. The molecule has 1 saturated heterocycles. The van der Waals surface area contributed by atoms with Gasteiger partial charge in [-0.3, -0.25) is 4.68 Å². The average molecular weight is 416 g/mol. The quantitative estimate of drug-likeness (QED) is 0.577. The number of aromatic nitrogens is 4. The molecule has 0 bridgehead atoms. The molecular formula is C22H30ClN5O. The van der Waals surface area contributed by atoms with Crippen molar-refractivity contribution in [3.63, 3.8) is 0 Å². The number of fused-ring (bicyclic) bond motifs is 1. The number of imidazole rings is 1. The van der Waals surface area contributed by atoms with Crippen molar-refractivity contribution in [2.24, 2.45) is 0 Å². The number of rotatable bonds is 8. The maximum Gasteiger partial charge on any atom is 0.0958 e. The number of aliphatic hydroxyl groups is 1. The summed E-state index contributed by atoms with van der Waals surface area (Å²) in [6, 6.07) is 4.13. The zero-order chi connectivity index (χ0) is 20.2. The molecule has 1 aromatic carbocycles. The number of unbranched alkanes of at least 4 members (excludes halogenated alkanes) is 1. The zero-order valence-electron chi connectivity index (χ0n) is 17.0. The van der Waals surface area contributed by atoms with Crippen molar-refractivity contribution in [3.8, 4) is 11.1 Å². The Kier molecular flexibility index (Phi) is 6.53. The summed E-state index contributed by atoms with van der Waals surface area (Å²) in [5, 5.41) is 18.8. The minimum absolute atomic E-state index is 0.198. The highest BCUT2D eigenvalue weighted by Crippen LogP contribution is 2.32. The number of hydrogen-bond donors (Lipinski definition) is 2. The molecule has 29 heavy (non-hydrogen) atoms. The highest BCUT2D eigenvalue weighted by molar-refractivity contribution is 6.31. The summed E-state index contributed by atoms with van der Waals surface area (Å²) >= 11 is 6.38. The van der Waals surface area contributed by atoms with Crippen LogP contribution in [0.3, 0.4) is 0 Å². The Morgan fingerprint density at radius 2 is 2.17 bits per heavy atom. The topological polar surface area (TPSA) is 67.9 Å². The second kappa shape index (κ2) is 9.28. The maximum absolute atomic E-state index is 10.2. The fraction of sp³-hybridized carbons (Fsp3) is 0.545. The van der Waals surface area contributed by atoms with Crippen LogP contribution in [0.15, 0.2) is 30.9 Å². The van der Waals surface area contributed by atoms with Crippen LogP contribution in [0.1, 0.15) is 45.4 Å². The molecule has 2 aromatic heterocycles. The van der Waals surface area contributed by atoms with Crippen molar-refractivity contribution in [1.82, 2.24) is 24.6 Å². The van der Waals surface area contributed by atoms with E-state index in [9.17, 15) is 5.11 Å². The molecule has 0 saturated carbocycles. The van der Waals surface area contributed by atoms with Crippen LogP contribution in [0, 0.1) is 0 Å². The fourth-order valence-corrected chi connectivity index (χ4v) is 4.43. The van der Waals surface area contributed by atoms with E-state index in [4.69, 9.17) is 11.6 Å². The van der Waals surface area contributed by atoms with E-state index in [1.54, 1.807) is 0 Å². The smallest absolute Gasteiger partial charge is 0.0958 e. The van der Waals surface area contributed by atoms with Gasteiger partial charge in [0, 0.05) is 41.5 Å². The molecule has 3 aromatic rings. The lowest BCUT2D eigenvalue weighted by Gasteiger charge is -2.29. The Labute approximate surface area is 176 Å². The van der Waals surface area contributed by atoms with Crippen molar-refractivity contribution in [2.45, 2.75) is 70.7 Å². The van der Waals surface area contributed by atoms with E-state index in [0.717, 1.165) is 80.3 Å². The first-order valence-corrected chi connectivity index (χ1v) is 11.1. The number of benzene rings is 1. The largest absolute Gasteiger partial charge is 0.392 e. The third kappa shape index (κ3) is 4.65. The van der Waals surface area contributed by atoms with Crippen molar-refractivity contribution in [3.05, 3.63) is 35.9 Å². The first-order valence-electron chi connectivity index (χ1n) is 10.7. The standard InChI is InChI=1S/C22H30ClN5O/c1-2-3-10-28-14-16(13-26-28)18-11-17(23)12-20-22(18)27(15-25-20)9-5-6-19-21(29)7-4-8-24-19/h11-15,19,21,24,29H,2-10H2,1H3/t19-,21+/m1/s1. The molecule has 6 nitrogen and oxygen atoms in total. The molecule has 156 valence electrons. The molecule has 0 amide bonds. The van der Waals surface area contributed by atoms with Crippen LogP contribution < -0.4 is 5.32 Å². The highest BCUT2D eigenvalue weighted by Gasteiger charge is 2.22. The second-order valence-corrected chi connectivity index (χ2v) is 8.45. The van der Waals surface area contributed by atoms with E-state index in [0.29, 0.717) is 5.02 Å². The minimum Gasteiger partial charge on any atom is -0.392 e. The van der Waals surface area contributed by atoms with Crippen LogP contribution in [0.5, 0.6) is 0 Å². The SMILES string of the molecule is CCCCn1cc(-c2cc(Cl)cc3ncn(CCC[C@H]4NCCC[C@@H]4O)c23)cn1. The first kappa shape index (κ1) is 20.4. The molecule has 1 aliphatic heterocycles. The van der Waals surface area contributed by atoms with Gasteiger partial charge in [0.25, 0.3) is 0 Å². The van der Waals surface area contributed by atoms with Gasteiger partial charge >= 0.3 is 0 Å². The van der Waals surface area contributed by atoms with Crippen molar-refractivity contribution < 1.29 is 5.11 Å². The van der Waals surface area contributed by atoms with Gasteiger partial charge in [-0.25, -0.2) is 4.98 Å². The fourth-order valence-electron chi connectivity index (χ4n) is 4.22.